The van der Waals surface area contributed by atoms with E-state index in [1.807, 2.05) is 20.8 Å². The molecular weight excluding hydrogens is 114 g/mol. The smallest absolute Gasteiger partial charge is 0.286 e. The Hall–Kier alpha value is -0.880. The second-order valence-electron chi connectivity index (χ2n) is 2.93. The Labute approximate surface area is 55.3 Å². The minimum atomic E-state index is -0.318. The summed E-state index contributed by atoms with van der Waals surface area (Å²) in [6.45, 7) is 8.72. The van der Waals surface area contributed by atoms with Gasteiger partial charge in [-0.25, -0.2) is 0 Å². The van der Waals surface area contributed by atoms with E-state index in [0.29, 0.717) is 0 Å². The van der Waals surface area contributed by atoms with Gasteiger partial charge in [-0.3, -0.25) is 4.79 Å². The molecule has 0 aromatic rings. The van der Waals surface area contributed by atoms with Gasteiger partial charge >= 0.3 is 6.21 Å². The minimum Gasteiger partial charge on any atom is -0.286 e. The zero-order chi connectivity index (χ0) is 7.49. The van der Waals surface area contributed by atoms with Crippen LogP contribution in [0.2, 0.25) is 0 Å². The zero-order valence-corrected chi connectivity index (χ0v) is 6.14. The SMILES string of the molecule is C=[N+]=CC(=O)C(C)(C)C. The molecule has 0 aliphatic heterocycles. The molecule has 9 heavy (non-hydrogen) atoms. The Morgan fingerprint density at radius 1 is 1.56 bits per heavy atom. The summed E-state index contributed by atoms with van der Waals surface area (Å²) in [5, 5.41) is 0. The van der Waals surface area contributed by atoms with Gasteiger partial charge in [0.2, 0.25) is 5.78 Å². The molecule has 0 aliphatic rings. The van der Waals surface area contributed by atoms with Crippen molar-refractivity contribution in [2.45, 2.75) is 20.8 Å². The van der Waals surface area contributed by atoms with Gasteiger partial charge in [0.1, 0.15) is 0 Å². The molecule has 0 fully saturated rings. The van der Waals surface area contributed by atoms with Gasteiger partial charge in [0.25, 0.3) is 6.72 Å². The molecule has 0 atom stereocenters. The fourth-order valence-corrected chi connectivity index (χ4v) is 0.277. The lowest BCUT2D eigenvalue weighted by Gasteiger charge is -2.08. The summed E-state index contributed by atoms with van der Waals surface area (Å²) in [5.41, 5.74) is -0.318. The number of carbonyl (C=O) groups excluding carboxylic acids is 1. The summed E-state index contributed by atoms with van der Waals surface area (Å²) in [4.78, 5) is 10.9. The Bertz CT molecular complexity index is 158. The topological polar surface area (TPSA) is 31.2 Å². The van der Waals surface area contributed by atoms with Crippen LogP contribution in [-0.2, 0) is 4.79 Å². The van der Waals surface area contributed by atoms with Crippen LogP contribution < -0.4 is 4.67 Å². The summed E-state index contributed by atoms with van der Waals surface area (Å²) in [7, 11) is 0. The van der Waals surface area contributed by atoms with Crippen molar-refractivity contribution in [1.29, 1.82) is 0 Å². The van der Waals surface area contributed by atoms with E-state index in [-0.39, 0.29) is 11.2 Å². The zero-order valence-electron chi connectivity index (χ0n) is 6.14. The van der Waals surface area contributed by atoms with Crippen LogP contribution in [0.15, 0.2) is 0 Å². The van der Waals surface area contributed by atoms with Crippen molar-refractivity contribution in [3.8, 4) is 0 Å². The number of Topliss-reactive ketones (excluding diaryl/α,β-unsaturated/α-hetero) is 1. The van der Waals surface area contributed by atoms with Gasteiger partial charge in [-0.1, -0.05) is 20.8 Å². The monoisotopic (exact) mass is 126 g/mol. The molecule has 0 aromatic carbocycles. The fourth-order valence-electron chi connectivity index (χ4n) is 0.277. The maximum Gasteiger partial charge on any atom is 0.334 e. The normalized spacial score (nSPS) is 10.1. The second kappa shape index (κ2) is 2.60. The van der Waals surface area contributed by atoms with Crippen molar-refractivity contribution in [2.75, 3.05) is 0 Å². The molecule has 0 saturated carbocycles. The molecule has 0 aromatic heterocycles. The quantitative estimate of drug-likeness (QED) is 0.370. The van der Waals surface area contributed by atoms with Crippen LogP contribution in [0.1, 0.15) is 20.8 Å². The third kappa shape index (κ3) is 2.83. The summed E-state index contributed by atoms with van der Waals surface area (Å²) < 4.78 is 3.38. The number of carbonyl (C=O) groups is 1. The van der Waals surface area contributed by atoms with Crippen LogP contribution in [0.5, 0.6) is 0 Å². The molecular formula is C7H12NO+. The number of nitrogens with zero attached hydrogens (tertiary/aromatic N) is 1. The van der Waals surface area contributed by atoms with E-state index in [1.54, 1.807) is 0 Å². The lowest BCUT2D eigenvalue weighted by atomic mass is 9.92. The molecule has 2 nitrogen and oxygen atoms in total. The first-order chi connectivity index (χ1) is 3.98. The lowest BCUT2D eigenvalue weighted by Crippen LogP contribution is -2.21. The number of rotatable bonds is 1. The highest BCUT2D eigenvalue weighted by atomic mass is 16.1. The van der Waals surface area contributed by atoms with E-state index in [4.69, 9.17) is 0 Å². The largest absolute Gasteiger partial charge is 0.334 e. The molecule has 0 amide bonds. The highest BCUT2D eigenvalue weighted by molar-refractivity contribution is 6.29. The van der Waals surface area contributed by atoms with Crippen LogP contribution in [0.3, 0.4) is 0 Å². The van der Waals surface area contributed by atoms with Gasteiger partial charge in [0.05, 0.1) is 0 Å². The minimum absolute atomic E-state index is 0.0116. The Morgan fingerprint density at radius 3 is 2.11 bits per heavy atom. The molecule has 2 heteroatoms. The van der Waals surface area contributed by atoms with Crippen molar-refractivity contribution in [2.24, 2.45) is 5.41 Å². The second-order valence-corrected chi connectivity index (χ2v) is 2.93. The van der Waals surface area contributed by atoms with E-state index in [1.165, 1.54) is 6.21 Å². The third-order valence-electron chi connectivity index (χ3n) is 0.948. The first-order valence-corrected chi connectivity index (χ1v) is 2.82. The first kappa shape index (κ1) is 8.12. The molecule has 0 heterocycles. The maximum absolute atomic E-state index is 10.9. The highest BCUT2D eigenvalue weighted by Gasteiger charge is 2.22. The lowest BCUT2D eigenvalue weighted by molar-refractivity contribution is -0.119. The van der Waals surface area contributed by atoms with Crippen LogP contribution in [0.25, 0.3) is 0 Å². The van der Waals surface area contributed by atoms with E-state index >= 15 is 0 Å². The van der Waals surface area contributed by atoms with E-state index in [2.05, 4.69) is 11.4 Å². The van der Waals surface area contributed by atoms with Crippen molar-refractivity contribution in [3.63, 3.8) is 0 Å². The van der Waals surface area contributed by atoms with Crippen LogP contribution in [-0.4, -0.2) is 18.7 Å². The summed E-state index contributed by atoms with van der Waals surface area (Å²) in [5.74, 6) is 0.0116. The van der Waals surface area contributed by atoms with Gasteiger partial charge in [0.15, 0.2) is 0 Å². The van der Waals surface area contributed by atoms with E-state index in [9.17, 15) is 4.79 Å². The molecule has 0 spiro atoms. The molecule has 0 N–H and O–H groups in total. The Morgan fingerprint density at radius 2 is 2.00 bits per heavy atom. The van der Waals surface area contributed by atoms with Gasteiger partial charge in [-0.05, 0) is 0 Å². The van der Waals surface area contributed by atoms with Crippen molar-refractivity contribution in [3.05, 3.63) is 0 Å². The predicted molar refractivity (Wildman–Crippen MR) is 39.8 cm³/mol. The highest BCUT2D eigenvalue weighted by Crippen LogP contribution is 2.11. The molecule has 0 unspecified atom stereocenters. The van der Waals surface area contributed by atoms with Gasteiger partial charge in [-0.2, -0.15) is 0 Å². The van der Waals surface area contributed by atoms with Crippen molar-refractivity contribution < 1.29 is 4.79 Å². The summed E-state index contributed by atoms with van der Waals surface area (Å²) >= 11 is 0. The maximum atomic E-state index is 10.9. The van der Waals surface area contributed by atoms with Gasteiger partial charge in [-0.15, -0.1) is 4.67 Å². The van der Waals surface area contributed by atoms with Gasteiger partial charge in [0, 0.05) is 5.41 Å². The average molecular weight is 126 g/mol. The molecule has 50 valence electrons. The van der Waals surface area contributed by atoms with E-state index in [0.717, 1.165) is 0 Å². The average Bonchev–Trinajstić information content (AvgIpc) is 1.64. The third-order valence-corrected chi connectivity index (χ3v) is 0.948. The summed E-state index contributed by atoms with van der Waals surface area (Å²) in [6.07, 6.45) is 1.25. The first-order valence-electron chi connectivity index (χ1n) is 2.82. The van der Waals surface area contributed by atoms with Gasteiger partial charge < -0.3 is 0 Å². The number of ketones is 1. The van der Waals surface area contributed by atoms with E-state index < -0.39 is 0 Å². The molecule has 0 aliphatic carbocycles. The molecule has 0 bridgehead atoms. The van der Waals surface area contributed by atoms with Crippen molar-refractivity contribution >= 4 is 18.7 Å². The fraction of sp³-hybridized carbons (Fsp3) is 0.571. The number of hydrogen-bond acceptors (Lipinski definition) is 1. The Balaban J connectivity index is 4.22. The summed E-state index contributed by atoms with van der Waals surface area (Å²) in [6, 6.07) is 0. The molecule has 0 rings (SSSR count). The van der Waals surface area contributed by atoms with Crippen LogP contribution in [0, 0.1) is 5.41 Å². The predicted octanol–water partition coefficient (Wildman–Crippen LogP) is 0.440. The van der Waals surface area contributed by atoms with Crippen LogP contribution in [0.4, 0.5) is 0 Å². The Kier molecular flexibility index (Phi) is 2.35. The standard InChI is InChI=1S/C7H12NO/c1-7(2,3)6(9)5-8-4/h5H,4H2,1-3H3/q+1. The van der Waals surface area contributed by atoms with Crippen molar-refractivity contribution in [1.82, 2.24) is 4.67 Å². The molecule has 0 saturated heterocycles. The molecule has 0 radical (unpaired) electrons. The number of hydrogen-bond donors (Lipinski definition) is 0. The van der Waals surface area contributed by atoms with Crippen LogP contribution >= 0.6 is 0 Å².